The molecule has 3 aromatic rings. The standard InChI is InChI=1S/C13H8N3/c1-2-4-12-10(3-1)11(5-6-15-12)13-9-14-7-8-16-13/h1-8H. The molecule has 0 N–H and O–H groups in total. The Hall–Kier alpha value is -2.29. The molecule has 0 unspecified atom stereocenters. The maximum absolute atomic E-state index is 4.31. The Morgan fingerprint density at radius 1 is 0.875 bits per heavy atom. The van der Waals surface area contributed by atoms with Crippen LogP contribution in [0.1, 0.15) is 0 Å². The first-order valence-corrected chi connectivity index (χ1v) is 4.98. The van der Waals surface area contributed by atoms with Gasteiger partial charge in [-0.1, -0.05) is 18.2 Å². The van der Waals surface area contributed by atoms with Gasteiger partial charge < -0.3 is 0 Å². The minimum absolute atomic E-state index is 0.751. The smallest absolute Gasteiger partial charge is 0.117 e. The van der Waals surface area contributed by atoms with Gasteiger partial charge >= 0.3 is 0 Å². The third kappa shape index (κ3) is 1.42. The zero-order valence-corrected chi connectivity index (χ0v) is 8.46. The minimum atomic E-state index is 0.751. The molecule has 3 rings (SSSR count). The second-order valence-corrected chi connectivity index (χ2v) is 3.39. The first-order valence-electron chi connectivity index (χ1n) is 4.98. The summed E-state index contributed by atoms with van der Waals surface area (Å²) in [6.07, 6.45) is 7.95. The lowest BCUT2D eigenvalue weighted by Gasteiger charge is -2.03. The molecule has 0 spiro atoms. The molecule has 0 fully saturated rings. The highest BCUT2D eigenvalue weighted by Gasteiger charge is 2.04. The molecule has 2 aromatic heterocycles. The van der Waals surface area contributed by atoms with Crippen molar-refractivity contribution in [3.8, 4) is 11.3 Å². The quantitative estimate of drug-likeness (QED) is 0.614. The van der Waals surface area contributed by atoms with Gasteiger partial charge in [0.15, 0.2) is 0 Å². The van der Waals surface area contributed by atoms with Crippen LogP contribution in [0, 0.1) is 6.20 Å². The van der Waals surface area contributed by atoms with Crippen molar-refractivity contribution in [1.82, 2.24) is 15.0 Å². The fraction of sp³-hybridized carbons (Fsp3) is 0. The Bertz CT molecular complexity index is 615. The van der Waals surface area contributed by atoms with E-state index in [-0.39, 0.29) is 0 Å². The molecular weight excluding hydrogens is 198 g/mol. The first-order chi connectivity index (χ1) is 7.95. The Morgan fingerprint density at radius 2 is 1.81 bits per heavy atom. The number of aromatic nitrogens is 3. The topological polar surface area (TPSA) is 38.7 Å². The van der Waals surface area contributed by atoms with Gasteiger partial charge in [0.2, 0.25) is 0 Å². The molecule has 1 radical (unpaired) electrons. The number of para-hydroxylation sites is 1. The number of rotatable bonds is 1. The second kappa shape index (κ2) is 3.70. The predicted molar refractivity (Wildman–Crippen MR) is 61.6 cm³/mol. The summed E-state index contributed by atoms with van der Waals surface area (Å²) in [6.45, 7) is 0. The fourth-order valence-corrected chi connectivity index (χ4v) is 1.70. The van der Waals surface area contributed by atoms with Crippen LogP contribution in [0.5, 0.6) is 0 Å². The number of benzene rings is 1. The van der Waals surface area contributed by atoms with Gasteiger partial charge in [-0.05, 0) is 12.1 Å². The molecule has 0 aliphatic rings. The van der Waals surface area contributed by atoms with Crippen LogP contribution < -0.4 is 0 Å². The molecule has 0 bridgehead atoms. The van der Waals surface area contributed by atoms with E-state index < -0.39 is 0 Å². The fourth-order valence-electron chi connectivity index (χ4n) is 1.70. The van der Waals surface area contributed by atoms with Crippen LogP contribution in [0.15, 0.2) is 48.9 Å². The SMILES string of the molecule is [c]1nccnc1-c1ccnc2ccccc12. The van der Waals surface area contributed by atoms with Crippen molar-refractivity contribution in [1.29, 1.82) is 0 Å². The van der Waals surface area contributed by atoms with E-state index in [2.05, 4.69) is 21.1 Å². The number of hydrogen-bond acceptors (Lipinski definition) is 3. The van der Waals surface area contributed by atoms with Gasteiger partial charge in [-0.25, -0.2) is 0 Å². The van der Waals surface area contributed by atoms with E-state index in [9.17, 15) is 0 Å². The van der Waals surface area contributed by atoms with Crippen molar-refractivity contribution in [2.24, 2.45) is 0 Å². The Morgan fingerprint density at radius 3 is 2.69 bits per heavy atom. The molecule has 16 heavy (non-hydrogen) atoms. The van der Waals surface area contributed by atoms with Gasteiger partial charge in [-0.15, -0.1) is 0 Å². The number of pyridine rings is 1. The van der Waals surface area contributed by atoms with Crippen molar-refractivity contribution in [2.75, 3.05) is 0 Å². The normalized spacial score (nSPS) is 10.5. The minimum Gasteiger partial charge on any atom is -0.256 e. The Balaban J connectivity index is 2.32. The summed E-state index contributed by atoms with van der Waals surface area (Å²) < 4.78 is 0. The molecule has 0 atom stereocenters. The van der Waals surface area contributed by atoms with Gasteiger partial charge in [0.25, 0.3) is 0 Å². The molecule has 0 saturated heterocycles. The summed E-state index contributed by atoms with van der Waals surface area (Å²) in [5.74, 6) is 0. The number of hydrogen-bond donors (Lipinski definition) is 0. The highest BCUT2D eigenvalue weighted by Crippen LogP contribution is 2.24. The molecule has 2 heterocycles. The van der Waals surface area contributed by atoms with Crippen LogP contribution in [-0.2, 0) is 0 Å². The Kier molecular flexibility index (Phi) is 2.07. The molecule has 0 amide bonds. The molecule has 75 valence electrons. The predicted octanol–water partition coefficient (Wildman–Crippen LogP) is 2.49. The van der Waals surface area contributed by atoms with Gasteiger partial charge in [0, 0.05) is 29.5 Å². The summed E-state index contributed by atoms with van der Waals surface area (Å²) in [6, 6.07) is 9.90. The van der Waals surface area contributed by atoms with E-state index in [4.69, 9.17) is 0 Å². The van der Waals surface area contributed by atoms with Crippen LogP contribution in [0.4, 0.5) is 0 Å². The summed E-state index contributed by atoms with van der Waals surface area (Å²) >= 11 is 0. The van der Waals surface area contributed by atoms with Crippen LogP contribution in [0.3, 0.4) is 0 Å². The number of nitrogens with zero attached hydrogens (tertiary/aromatic N) is 3. The maximum atomic E-state index is 4.31. The zero-order chi connectivity index (χ0) is 10.8. The van der Waals surface area contributed by atoms with E-state index in [1.807, 2.05) is 30.3 Å². The summed E-state index contributed by atoms with van der Waals surface area (Å²) in [5, 5.41) is 1.07. The van der Waals surface area contributed by atoms with Gasteiger partial charge in [0.1, 0.15) is 6.20 Å². The van der Waals surface area contributed by atoms with E-state index in [1.165, 1.54) is 0 Å². The number of fused-ring (bicyclic) bond motifs is 1. The molecule has 0 aliphatic heterocycles. The monoisotopic (exact) mass is 206 g/mol. The van der Waals surface area contributed by atoms with E-state index >= 15 is 0 Å². The average molecular weight is 206 g/mol. The Labute approximate surface area is 92.8 Å². The first kappa shape index (κ1) is 8.97. The van der Waals surface area contributed by atoms with Crippen LogP contribution >= 0.6 is 0 Å². The van der Waals surface area contributed by atoms with Crippen molar-refractivity contribution in [3.05, 3.63) is 55.1 Å². The van der Waals surface area contributed by atoms with Crippen molar-refractivity contribution >= 4 is 10.9 Å². The lowest BCUT2D eigenvalue weighted by molar-refractivity contribution is 1.19. The van der Waals surface area contributed by atoms with Crippen molar-refractivity contribution < 1.29 is 0 Å². The van der Waals surface area contributed by atoms with Crippen molar-refractivity contribution in [3.63, 3.8) is 0 Å². The lowest BCUT2D eigenvalue weighted by Crippen LogP contribution is -1.87. The zero-order valence-electron chi connectivity index (χ0n) is 8.46. The summed E-state index contributed by atoms with van der Waals surface area (Å²) in [4.78, 5) is 12.5. The second-order valence-electron chi connectivity index (χ2n) is 3.39. The van der Waals surface area contributed by atoms with Crippen LogP contribution in [0.2, 0.25) is 0 Å². The molecular formula is C13H8N3. The van der Waals surface area contributed by atoms with E-state index in [1.54, 1.807) is 18.6 Å². The largest absolute Gasteiger partial charge is 0.256 e. The lowest BCUT2D eigenvalue weighted by atomic mass is 10.1. The van der Waals surface area contributed by atoms with Gasteiger partial charge in [-0.2, -0.15) is 0 Å². The maximum Gasteiger partial charge on any atom is 0.117 e. The van der Waals surface area contributed by atoms with Crippen LogP contribution in [0.25, 0.3) is 22.2 Å². The highest BCUT2D eigenvalue weighted by molar-refractivity contribution is 5.92. The average Bonchev–Trinajstić information content (AvgIpc) is 2.39. The summed E-state index contributed by atoms with van der Waals surface area (Å²) in [7, 11) is 0. The third-order valence-corrected chi connectivity index (χ3v) is 2.42. The van der Waals surface area contributed by atoms with Crippen molar-refractivity contribution in [2.45, 2.75) is 0 Å². The van der Waals surface area contributed by atoms with Gasteiger partial charge in [-0.3, -0.25) is 15.0 Å². The van der Waals surface area contributed by atoms with Crippen LogP contribution in [-0.4, -0.2) is 15.0 Å². The van der Waals surface area contributed by atoms with E-state index in [0.29, 0.717) is 0 Å². The van der Waals surface area contributed by atoms with E-state index in [0.717, 1.165) is 22.2 Å². The molecule has 0 saturated carbocycles. The van der Waals surface area contributed by atoms with Gasteiger partial charge in [0.05, 0.1) is 11.2 Å². The molecule has 0 aliphatic carbocycles. The third-order valence-electron chi connectivity index (χ3n) is 2.42. The molecule has 3 heteroatoms. The molecule has 1 aromatic carbocycles. The summed E-state index contributed by atoms with van der Waals surface area (Å²) in [5.41, 5.74) is 2.72. The molecule has 3 nitrogen and oxygen atoms in total. The highest BCUT2D eigenvalue weighted by atomic mass is 14.8.